The minimum atomic E-state index is -0.274. The molecule has 9 aromatic rings. The number of hydrogen-bond donors (Lipinski definition) is 0. The molecule has 74 heavy (non-hydrogen) atoms. The molecule has 1 aliphatic rings. The molecule has 3 heterocycles. The predicted molar refractivity (Wildman–Crippen MR) is 309 cm³/mol. The second kappa shape index (κ2) is 19.7. The number of aromatic nitrogens is 2. The Morgan fingerprint density at radius 2 is 1.09 bits per heavy atom. The van der Waals surface area contributed by atoms with Crippen LogP contribution in [0.15, 0.2) is 158 Å². The quantitative estimate of drug-likeness (QED) is 0.142. The van der Waals surface area contributed by atoms with E-state index in [1.807, 2.05) is 12.3 Å². The van der Waals surface area contributed by atoms with E-state index in [2.05, 4.69) is 276 Å². The van der Waals surface area contributed by atoms with Crippen LogP contribution in [0.3, 0.4) is 0 Å². The number of hydrogen-bond acceptors (Lipinski definition) is 4. The van der Waals surface area contributed by atoms with Crippen molar-refractivity contribution in [3.8, 4) is 28.4 Å². The van der Waals surface area contributed by atoms with E-state index in [1.165, 1.54) is 49.9 Å². The average molecular weight is 1160 g/mol. The summed E-state index contributed by atoms with van der Waals surface area (Å²) in [5.41, 5.74) is 15.3. The van der Waals surface area contributed by atoms with Gasteiger partial charge in [-0.15, -0.1) is 48.3 Å². The summed E-state index contributed by atoms with van der Waals surface area (Å²) >= 11 is 0. The van der Waals surface area contributed by atoms with Crippen molar-refractivity contribution in [3.63, 3.8) is 0 Å². The van der Waals surface area contributed by atoms with Gasteiger partial charge in [0.2, 0.25) is 0 Å². The first-order chi connectivity index (χ1) is 34.0. The minimum Gasteiger partial charge on any atom is -0.509 e. The largest absolute Gasteiger partial charge is 4.00 e. The van der Waals surface area contributed by atoms with Crippen LogP contribution in [-0.4, -0.2) is 9.55 Å². The summed E-state index contributed by atoms with van der Waals surface area (Å²) in [6, 6.07) is 62.4. The Kier molecular flexibility index (Phi) is 14.3. The standard InChI is InChI=1S/C67H69N4O.CH3.Pt/c1-63(2,3)47-32-33-68-61(37-47)71-57-31-22-21-30-53(57)62-56(66(10,11)12)39-52(40-60(62)71)72-51-29-23-28-49(38-51)69-43-70(59-42-55(65(7,8)9)54(41-58(59)69)64(4,5)6)50-35-45(44-24-17-15-18-25-44)34-48(36-50)67(13,14)46-26-19-16-20-27-46;;/h15-37,39,41-43H,1-14H3;1H3;/q-3;-1;+4. The van der Waals surface area contributed by atoms with Crippen molar-refractivity contribution >= 4 is 44.6 Å². The van der Waals surface area contributed by atoms with Crippen LogP contribution in [0.1, 0.15) is 130 Å². The molecule has 0 aliphatic carbocycles. The van der Waals surface area contributed by atoms with Crippen molar-refractivity contribution in [2.45, 2.75) is 124 Å². The van der Waals surface area contributed by atoms with Gasteiger partial charge in [-0.25, -0.2) is 4.98 Å². The van der Waals surface area contributed by atoms with Crippen LogP contribution in [-0.2, 0) is 48.1 Å². The molecule has 1 aliphatic heterocycles. The molecule has 0 saturated carbocycles. The van der Waals surface area contributed by atoms with Crippen molar-refractivity contribution in [1.82, 2.24) is 9.55 Å². The Morgan fingerprint density at radius 3 is 1.73 bits per heavy atom. The Labute approximate surface area is 456 Å². The topological polar surface area (TPSA) is 33.5 Å². The number of ether oxygens (including phenoxy) is 1. The molecule has 0 bridgehead atoms. The fourth-order valence-electron chi connectivity index (χ4n) is 10.4. The van der Waals surface area contributed by atoms with Crippen LogP contribution < -0.4 is 14.5 Å². The van der Waals surface area contributed by atoms with Crippen molar-refractivity contribution in [2.24, 2.45) is 0 Å². The van der Waals surface area contributed by atoms with Gasteiger partial charge < -0.3 is 26.5 Å². The average Bonchev–Trinajstić information content (AvgIpc) is 3.89. The molecule has 2 aromatic heterocycles. The van der Waals surface area contributed by atoms with Gasteiger partial charge >= 0.3 is 21.1 Å². The molecule has 0 spiro atoms. The van der Waals surface area contributed by atoms with Crippen LogP contribution in [0.4, 0.5) is 22.7 Å². The van der Waals surface area contributed by atoms with E-state index in [-0.39, 0.29) is 55.6 Å². The maximum atomic E-state index is 6.99. The summed E-state index contributed by atoms with van der Waals surface area (Å²) in [7, 11) is 0. The Bertz CT molecular complexity index is 3490. The van der Waals surface area contributed by atoms with Crippen LogP contribution in [0.25, 0.3) is 38.8 Å². The minimum absolute atomic E-state index is 0. The van der Waals surface area contributed by atoms with Crippen LogP contribution in [0.5, 0.6) is 11.5 Å². The van der Waals surface area contributed by atoms with E-state index >= 15 is 0 Å². The molecule has 0 N–H and O–H groups in total. The summed E-state index contributed by atoms with van der Waals surface area (Å²) in [6.07, 6.45) is 1.93. The Hall–Kier alpha value is -6.42. The van der Waals surface area contributed by atoms with Gasteiger partial charge in [0.25, 0.3) is 0 Å². The van der Waals surface area contributed by atoms with Gasteiger partial charge in [-0.2, -0.15) is 6.07 Å². The molecule has 10 rings (SSSR count). The molecule has 5 nitrogen and oxygen atoms in total. The van der Waals surface area contributed by atoms with E-state index in [9.17, 15) is 0 Å². The first-order valence-electron chi connectivity index (χ1n) is 25.5. The molecule has 0 unspecified atom stereocenters. The van der Waals surface area contributed by atoms with E-state index in [1.54, 1.807) is 0 Å². The number of nitrogens with zero attached hydrogens (tertiary/aromatic N) is 4. The number of rotatable bonds is 8. The third-order valence-corrected chi connectivity index (χ3v) is 14.5. The van der Waals surface area contributed by atoms with E-state index in [0.717, 1.165) is 45.0 Å². The van der Waals surface area contributed by atoms with E-state index in [4.69, 9.17) is 9.72 Å². The molecule has 380 valence electrons. The van der Waals surface area contributed by atoms with E-state index in [0.29, 0.717) is 11.5 Å². The Morgan fingerprint density at radius 1 is 0.486 bits per heavy atom. The van der Waals surface area contributed by atoms with Crippen LogP contribution in [0, 0.1) is 26.2 Å². The normalized spacial score (nSPS) is 13.2. The zero-order valence-corrected chi connectivity index (χ0v) is 48.4. The van der Waals surface area contributed by atoms with Crippen LogP contribution in [0.2, 0.25) is 0 Å². The molecule has 0 fully saturated rings. The summed E-state index contributed by atoms with van der Waals surface area (Å²) < 4.78 is 9.24. The number of pyridine rings is 1. The summed E-state index contributed by atoms with van der Waals surface area (Å²) in [4.78, 5) is 9.65. The number of anilines is 4. The van der Waals surface area contributed by atoms with Gasteiger partial charge in [0.15, 0.2) is 0 Å². The first kappa shape index (κ1) is 53.9. The number of benzene rings is 7. The van der Waals surface area contributed by atoms with Crippen molar-refractivity contribution < 1.29 is 25.8 Å². The SMILES string of the molecule is CC(C)(C)c1ccnc(-n2c3[c-]c(Oc4[c-]c(N5[CH-]N(c6cc(-c7ccccc7)cc(C(C)(C)c7ccccc7)c6)c6cc(C(C)(C)C)c(C(C)(C)C)cc65)ccc4)cc(C(C)(C)C)c3c3ccccc32)c1.[CH3-].[Pt+4]. The van der Waals surface area contributed by atoms with Crippen LogP contribution >= 0.6 is 0 Å². The van der Waals surface area contributed by atoms with Crippen molar-refractivity contribution in [1.29, 1.82) is 0 Å². The maximum Gasteiger partial charge on any atom is 4.00 e. The van der Waals surface area contributed by atoms with Crippen molar-refractivity contribution in [3.05, 3.63) is 217 Å². The summed E-state index contributed by atoms with van der Waals surface area (Å²) in [6.45, 7) is 34.4. The number of fused-ring (bicyclic) bond motifs is 4. The van der Waals surface area contributed by atoms with Gasteiger partial charge in [-0.05, 0) is 108 Å². The molecule has 0 atom stereocenters. The predicted octanol–water partition coefficient (Wildman–Crippen LogP) is 18.6. The zero-order chi connectivity index (χ0) is 51.1. The second-order valence-corrected chi connectivity index (χ2v) is 24.4. The maximum absolute atomic E-state index is 6.99. The zero-order valence-electron chi connectivity index (χ0n) is 46.1. The monoisotopic (exact) mass is 1160 g/mol. The number of para-hydroxylation sites is 1. The van der Waals surface area contributed by atoms with E-state index < -0.39 is 0 Å². The Balaban J connectivity index is 0.00000364. The molecule has 0 amide bonds. The first-order valence-corrected chi connectivity index (χ1v) is 25.5. The second-order valence-electron chi connectivity index (χ2n) is 24.4. The third kappa shape index (κ3) is 10.1. The van der Waals surface area contributed by atoms with Crippen molar-refractivity contribution in [2.75, 3.05) is 9.80 Å². The van der Waals surface area contributed by atoms with Gasteiger partial charge in [0.05, 0.1) is 0 Å². The molecule has 6 heteroatoms. The molecular weight excluding hydrogens is 1080 g/mol. The van der Waals surface area contributed by atoms with Gasteiger partial charge in [-0.3, -0.25) is 0 Å². The fraction of sp³-hybridized carbons (Fsp3) is 0.279. The summed E-state index contributed by atoms with van der Waals surface area (Å²) in [5, 5.41) is 2.32. The van der Waals surface area contributed by atoms with Gasteiger partial charge in [0, 0.05) is 45.7 Å². The molecule has 7 aromatic carbocycles. The molecule has 0 radical (unpaired) electrons. The summed E-state index contributed by atoms with van der Waals surface area (Å²) in [5.74, 6) is 2.09. The smallest absolute Gasteiger partial charge is 0.509 e. The molecule has 0 saturated heterocycles. The van der Waals surface area contributed by atoms with Gasteiger partial charge in [-0.1, -0.05) is 193 Å². The fourth-order valence-corrected chi connectivity index (χ4v) is 10.4. The third-order valence-electron chi connectivity index (χ3n) is 14.5. The molecular formula is C68H72N4OPt. The van der Waals surface area contributed by atoms with Gasteiger partial charge in [0.1, 0.15) is 5.82 Å².